The first kappa shape index (κ1) is 15.8. The zero-order chi connectivity index (χ0) is 15.2. The molecule has 1 saturated heterocycles. The van der Waals surface area contributed by atoms with Gasteiger partial charge in [0.1, 0.15) is 11.9 Å². The Kier molecular flexibility index (Phi) is 5.56. The van der Waals surface area contributed by atoms with E-state index in [4.69, 9.17) is 0 Å². The highest BCUT2D eigenvalue weighted by atomic mass is 16.2. The number of hydrogen-bond acceptors (Lipinski definition) is 4. The summed E-state index contributed by atoms with van der Waals surface area (Å²) in [7, 11) is 0. The summed E-state index contributed by atoms with van der Waals surface area (Å²) in [5.74, 6) is 0.996. The summed E-state index contributed by atoms with van der Waals surface area (Å²) >= 11 is 0. The molecule has 1 aliphatic heterocycles. The number of amides is 1. The third kappa shape index (κ3) is 3.73. The lowest BCUT2D eigenvalue weighted by Crippen LogP contribution is -2.55. The van der Waals surface area contributed by atoms with Crippen molar-refractivity contribution in [3.8, 4) is 0 Å². The lowest BCUT2D eigenvalue weighted by Gasteiger charge is -2.35. The molecule has 1 fully saturated rings. The van der Waals surface area contributed by atoms with Crippen LogP contribution in [0.3, 0.4) is 0 Å². The molecule has 0 saturated carbocycles. The first-order valence-corrected chi connectivity index (χ1v) is 7.91. The topological polar surface area (TPSA) is 57.3 Å². The fourth-order valence-electron chi connectivity index (χ4n) is 2.70. The standard InChI is InChI=1S/C16H26N4O/c1-4-8-17-12(3)13-6-7-15(19-11-13)20-10-9-18-16(21)14(20)5-2/h6-7,11-12,14,17H,4-5,8-10H2,1-3H3,(H,18,21). The molecular weight excluding hydrogens is 264 g/mol. The van der Waals surface area contributed by atoms with E-state index in [-0.39, 0.29) is 11.9 Å². The van der Waals surface area contributed by atoms with Gasteiger partial charge in [0.25, 0.3) is 0 Å². The summed E-state index contributed by atoms with van der Waals surface area (Å²) in [6.45, 7) is 8.86. The third-order valence-corrected chi connectivity index (χ3v) is 3.98. The van der Waals surface area contributed by atoms with Gasteiger partial charge in [-0.25, -0.2) is 4.98 Å². The van der Waals surface area contributed by atoms with Gasteiger partial charge >= 0.3 is 0 Å². The van der Waals surface area contributed by atoms with Gasteiger partial charge in [0.2, 0.25) is 5.91 Å². The van der Waals surface area contributed by atoms with E-state index in [0.717, 1.165) is 31.7 Å². The number of rotatable bonds is 6. The number of aromatic nitrogens is 1. The Hall–Kier alpha value is -1.62. The molecule has 2 N–H and O–H groups in total. The Morgan fingerprint density at radius 3 is 2.90 bits per heavy atom. The van der Waals surface area contributed by atoms with Crippen molar-refractivity contribution in [3.63, 3.8) is 0 Å². The molecule has 2 unspecified atom stereocenters. The molecule has 5 heteroatoms. The van der Waals surface area contributed by atoms with Crippen LogP contribution in [0, 0.1) is 0 Å². The summed E-state index contributed by atoms with van der Waals surface area (Å²) in [5, 5.41) is 6.37. The van der Waals surface area contributed by atoms with Gasteiger partial charge in [-0.2, -0.15) is 0 Å². The van der Waals surface area contributed by atoms with Gasteiger partial charge in [0.15, 0.2) is 0 Å². The van der Waals surface area contributed by atoms with Crippen LogP contribution in [0.2, 0.25) is 0 Å². The molecule has 0 aliphatic carbocycles. The Labute approximate surface area is 127 Å². The summed E-state index contributed by atoms with van der Waals surface area (Å²) in [5.41, 5.74) is 1.18. The molecule has 5 nitrogen and oxygen atoms in total. The van der Waals surface area contributed by atoms with Crippen molar-refractivity contribution < 1.29 is 4.79 Å². The van der Waals surface area contributed by atoms with Crippen molar-refractivity contribution in [1.82, 2.24) is 15.6 Å². The highest BCUT2D eigenvalue weighted by Gasteiger charge is 2.28. The van der Waals surface area contributed by atoms with Crippen molar-refractivity contribution in [2.24, 2.45) is 0 Å². The van der Waals surface area contributed by atoms with E-state index in [1.54, 1.807) is 0 Å². The highest BCUT2D eigenvalue weighted by molar-refractivity contribution is 5.86. The second kappa shape index (κ2) is 7.41. The van der Waals surface area contributed by atoms with Gasteiger partial charge in [0.05, 0.1) is 0 Å². The second-order valence-corrected chi connectivity index (χ2v) is 5.53. The maximum atomic E-state index is 11.9. The van der Waals surface area contributed by atoms with Crippen LogP contribution >= 0.6 is 0 Å². The smallest absolute Gasteiger partial charge is 0.242 e. The number of hydrogen-bond donors (Lipinski definition) is 2. The first-order valence-electron chi connectivity index (χ1n) is 7.91. The molecule has 1 aromatic heterocycles. The van der Waals surface area contributed by atoms with E-state index in [2.05, 4.69) is 40.4 Å². The molecule has 1 aliphatic rings. The maximum absolute atomic E-state index is 11.9. The minimum Gasteiger partial charge on any atom is -0.353 e. The second-order valence-electron chi connectivity index (χ2n) is 5.53. The average Bonchev–Trinajstić information content (AvgIpc) is 2.52. The molecule has 0 aromatic carbocycles. The molecule has 2 heterocycles. The van der Waals surface area contributed by atoms with Gasteiger partial charge < -0.3 is 15.5 Å². The van der Waals surface area contributed by atoms with Crippen LogP contribution in [0.5, 0.6) is 0 Å². The number of carbonyl (C=O) groups excluding carboxylic acids is 1. The number of carbonyl (C=O) groups is 1. The molecule has 0 bridgehead atoms. The zero-order valence-electron chi connectivity index (χ0n) is 13.2. The van der Waals surface area contributed by atoms with E-state index < -0.39 is 0 Å². The lowest BCUT2D eigenvalue weighted by molar-refractivity contribution is -0.123. The number of nitrogens with one attached hydrogen (secondary N) is 2. The van der Waals surface area contributed by atoms with E-state index in [1.165, 1.54) is 5.56 Å². The van der Waals surface area contributed by atoms with Gasteiger partial charge in [0, 0.05) is 25.3 Å². The van der Waals surface area contributed by atoms with Crippen LogP contribution < -0.4 is 15.5 Å². The molecule has 2 atom stereocenters. The number of pyridine rings is 1. The van der Waals surface area contributed by atoms with Crippen LogP contribution in [0.1, 0.15) is 45.2 Å². The molecule has 0 spiro atoms. The summed E-state index contributed by atoms with van der Waals surface area (Å²) < 4.78 is 0. The molecular formula is C16H26N4O. The van der Waals surface area contributed by atoms with Crippen molar-refractivity contribution in [1.29, 1.82) is 0 Å². The number of anilines is 1. The molecule has 21 heavy (non-hydrogen) atoms. The molecule has 1 amide bonds. The van der Waals surface area contributed by atoms with Crippen molar-refractivity contribution in [3.05, 3.63) is 23.9 Å². The van der Waals surface area contributed by atoms with E-state index in [0.29, 0.717) is 12.6 Å². The summed E-state index contributed by atoms with van der Waals surface area (Å²) in [6, 6.07) is 4.33. The highest BCUT2D eigenvalue weighted by Crippen LogP contribution is 2.20. The predicted molar refractivity (Wildman–Crippen MR) is 85.4 cm³/mol. The lowest BCUT2D eigenvalue weighted by atomic mass is 10.1. The van der Waals surface area contributed by atoms with Crippen LogP contribution in [-0.2, 0) is 4.79 Å². The third-order valence-electron chi connectivity index (χ3n) is 3.98. The quantitative estimate of drug-likeness (QED) is 0.839. The minimum absolute atomic E-state index is 0.104. The SMILES string of the molecule is CCCNC(C)c1ccc(N2CCNC(=O)C2CC)nc1. The van der Waals surface area contributed by atoms with Gasteiger partial charge in [-0.05, 0) is 37.9 Å². The Bertz CT molecular complexity index is 460. The van der Waals surface area contributed by atoms with Gasteiger partial charge in [-0.15, -0.1) is 0 Å². The summed E-state index contributed by atoms with van der Waals surface area (Å²) in [6.07, 6.45) is 3.84. The normalized spacial score (nSPS) is 20.2. The molecule has 2 rings (SSSR count). The van der Waals surface area contributed by atoms with Crippen LogP contribution in [0.4, 0.5) is 5.82 Å². The van der Waals surface area contributed by atoms with Crippen LogP contribution in [-0.4, -0.2) is 36.6 Å². The first-order chi connectivity index (χ1) is 10.2. The molecule has 116 valence electrons. The zero-order valence-corrected chi connectivity index (χ0v) is 13.2. The molecule has 0 radical (unpaired) electrons. The number of piperazine rings is 1. The monoisotopic (exact) mass is 290 g/mol. The largest absolute Gasteiger partial charge is 0.353 e. The number of nitrogens with zero attached hydrogens (tertiary/aromatic N) is 2. The van der Waals surface area contributed by atoms with Crippen molar-refractivity contribution >= 4 is 11.7 Å². The average molecular weight is 290 g/mol. The van der Waals surface area contributed by atoms with E-state index >= 15 is 0 Å². The minimum atomic E-state index is -0.104. The fourth-order valence-corrected chi connectivity index (χ4v) is 2.70. The Balaban J connectivity index is 2.08. The van der Waals surface area contributed by atoms with E-state index in [1.807, 2.05) is 19.2 Å². The van der Waals surface area contributed by atoms with Crippen molar-refractivity contribution in [2.75, 3.05) is 24.5 Å². The molecule has 1 aromatic rings. The summed E-state index contributed by atoms with van der Waals surface area (Å²) in [4.78, 5) is 18.6. The van der Waals surface area contributed by atoms with Gasteiger partial charge in [-0.1, -0.05) is 19.9 Å². The fraction of sp³-hybridized carbons (Fsp3) is 0.625. The Morgan fingerprint density at radius 2 is 2.29 bits per heavy atom. The Morgan fingerprint density at radius 1 is 1.48 bits per heavy atom. The van der Waals surface area contributed by atoms with Crippen LogP contribution in [0.15, 0.2) is 18.3 Å². The predicted octanol–water partition coefficient (Wildman–Crippen LogP) is 1.86. The van der Waals surface area contributed by atoms with Crippen molar-refractivity contribution in [2.45, 2.75) is 45.7 Å². The van der Waals surface area contributed by atoms with E-state index in [9.17, 15) is 4.79 Å². The van der Waals surface area contributed by atoms with Crippen LogP contribution in [0.25, 0.3) is 0 Å². The van der Waals surface area contributed by atoms with Gasteiger partial charge in [-0.3, -0.25) is 4.79 Å². The maximum Gasteiger partial charge on any atom is 0.242 e.